The van der Waals surface area contributed by atoms with Crippen LogP contribution in [0.3, 0.4) is 0 Å². The third-order valence-corrected chi connectivity index (χ3v) is 8.41. The van der Waals surface area contributed by atoms with Crippen LogP contribution in [0.5, 0.6) is 0 Å². The predicted molar refractivity (Wildman–Crippen MR) is 175 cm³/mol. The van der Waals surface area contributed by atoms with E-state index in [0.717, 1.165) is 11.8 Å². The molecule has 8 N–H and O–H groups in total. The summed E-state index contributed by atoms with van der Waals surface area (Å²) in [4.78, 5) is 79.2. The van der Waals surface area contributed by atoms with Crippen molar-refractivity contribution in [2.75, 3.05) is 24.2 Å². The van der Waals surface area contributed by atoms with E-state index < -0.39 is 66.0 Å². The second kappa shape index (κ2) is 15.8. The van der Waals surface area contributed by atoms with Crippen LogP contribution in [0.4, 0.5) is 10.5 Å². The zero-order valence-electron chi connectivity index (χ0n) is 26.8. The molecule has 1 aromatic carbocycles. The van der Waals surface area contributed by atoms with E-state index in [-0.39, 0.29) is 24.6 Å². The standard InChI is InChI=1S/C29H42BN7O8S/c1-6-14(2)23-25(41)32-11-21(38)34-20(27(42)43)13-46-26-17(10-19(37-30)24(40)31-12-22(39)36-23)16-8-7-15(9-18(16)35-26)33-28(44)45-29(3,4)5/h7-9,14,19-20,23,35,37H,6,10-13,30H2,1-5H3,(H,31,40)(H,32,41)(H,33,44)(H,34,38)(H,36,39)(H,42,43)/t14-,19-,20-,23-/m0/s1. The first kappa shape index (κ1) is 36.2. The third kappa shape index (κ3) is 10.1. The molecular weight excluding hydrogens is 617 g/mol. The second-order valence-corrected chi connectivity index (χ2v) is 13.0. The number of carbonyl (C=O) groups excluding carboxylic acids is 5. The molecule has 0 bridgehead atoms. The monoisotopic (exact) mass is 659 g/mol. The number of amides is 5. The molecule has 0 spiro atoms. The van der Waals surface area contributed by atoms with Gasteiger partial charge in [0.05, 0.1) is 24.2 Å². The molecule has 1 aliphatic rings. The number of aromatic nitrogens is 1. The summed E-state index contributed by atoms with van der Waals surface area (Å²) in [6, 6.07) is 2.04. The van der Waals surface area contributed by atoms with Crippen LogP contribution in [0, 0.1) is 5.92 Å². The lowest BCUT2D eigenvalue weighted by Crippen LogP contribution is -2.55. The summed E-state index contributed by atoms with van der Waals surface area (Å²) in [5.74, 6) is -4.03. The minimum atomic E-state index is -1.31. The van der Waals surface area contributed by atoms with Crippen molar-refractivity contribution in [3.05, 3.63) is 23.8 Å². The smallest absolute Gasteiger partial charge is 0.412 e. The molecule has 46 heavy (non-hydrogen) atoms. The predicted octanol–water partition coefficient (Wildman–Crippen LogP) is 0.00210. The maximum atomic E-state index is 13.2. The van der Waals surface area contributed by atoms with E-state index in [4.69, 9.17) is 4.74 Å². The van der Waals surface area contributed by atoms with Crippen LogP contribution in [0.25, 0.3) is 10.9 Å². The molecule has 0 radical (unpaired) electrons. The van der Waals surface area contributed by atoms with Gasteiger partial charge >= 0.3 is 12.1 Å². The molecule has 17 heteroatoms. The number of thioether (sulfide) groups is 1. The van der Waals surface area contributed by atoms with E-state index >= 15 is 0 Å². The van der Waals surface area contributed by atoms with Crippen LogP contribution in [0.15, 0.2) is 23.2 Å². The van der Waals surface area contributed by atoms with Gasteiger partial charge in [-0.1, -0.05) is 26.3 Å². The van der Waals surface area contributed by atoms with E-state index in [2.05, 4.69) is 36.8 Å². The molecule has 3 rings (SSSR count). The van der Waals surface area contributed by atoms with E-state index in [1.165, 1.54) is 0 Å². The van der Waals surface area contributed by atoms with Gasteiger partial charge in [0.2, 0.25) is 23.6 Å². The number of benzene rings is 1. The minimum Gasteiger partial charge on any atom is -0.480 e. The SMILES string of the molecule is BN[C@H]1Cc2c([nH]c3cc(NC(=O)OC(C)(C)C)ccc23)SC[C@@H](C(=O)O)NC(=O)CNC(=O)[C@H]([C@@H](C)CC)NC(=O)CNC1=O. The fourth-order valence-corrected chi connectivity index (χ4v) is 5.78. The van der Waals surface area contributed by atoms with Crippen LogP contribution in [0.1, 0.15) is 46.6 Å². The van der Waals surface area contributed by atoms with E-state index in [1.54, 1.807) is 53.9 Å². The molecule has 0 unspecified atom stereocenters. The highest BCUT2D eigenvalue weighted by Crippen LogP contribution is 2.33. The Morgan fingerprint density at radius 2 is 1.74 bits per heavy atom. The topological polar surface area (TPSA) is 220 Å². The van der Waals surface area contributed by atoms with Gasteiger partial charge in [-0.3, -0.25) is 24.5 Å². The fourth-order valence-electron chi connectivity index (χ4n) is 4.67. The Bertz CT molecular complexity index is 1480. The van der Waals surface area contributed by atoms with Gasteiger partial charge in [0, 0.05) is 22.3 Å². The highest BCUT2D eigenvalue weighted by Gasteiger charge is 2.29. The Morgan fingerprint density at radius 1 is 1.09 bits per heavy atom. The van der Waals surface area contributed by atoms with Crippen molar-refractivity contribution in [3.63, 3.8) is 0 Å². The molecule has 15 nitrogen and oxygen atoms in total. The molecular formula is C29H42BN7O8S. The summed E-state index contributed by atoms with van der Waals surface area (Å²) >= 11 is 1.13. The first-order chi connectivity index (χ1) is 21.6. The van der Waals surface area contributed by atoms with Crippen molar-refractivity contribution < 1.29 is 38.6 Å². The van der Waals surface area contributed by atoms with E-state index in [1.807, 2.05) is 6.92 Å². The summed E-state index contributed by atoms with van der Waals surface area (Å²) < 4.78 is 5.33. The molecule has 0 saturated carbocycles. The van der Waals surface area contributed by atoms with Crippen molar-refractivity contribution in [3.8, 4) is 0 Å². The molecule has 4 atom stereocenters. The van der Waals surface area contributed by atoms with Crippen molar-refractivity contribution in [1.82, 2.24) is 31.5 Å². The quantitative estimate of drug-likeness (QED) is 0.201. The number of anilines is 1. The van der Waals surface area contributed by atoms with Crippen LogP contribution < -0.4 is 31.8 Å². The third-order valence-electron chi connectivity index (χ3n) is 7.27. The first-order valence-electron chi connectivity index (χ1n) is 14.9. The number of nitrogens with one attached hydrogen (secondary N) is 7. The van der Waals surface area contributed by atoms with Gasteiger partial charge in [-0.05, 0) is 50.8 Å². The lowest BCUT2D eigenvalue weighted by Gasteiger charge is -2.24. The summed E-state index contributed by atoms with van der Waals surface area (Å²) in [6.07, 6.45) is 0.0511. The average Bonchev–Trinajstić information content (AvgIpc) is 3.32. The maximum absolute atomic E-state index is 13.2. The van der Waals surface area contributed by atoms with Gasteiger partial charge in [-0.15, -0.1) is 11.8 Å². The number of ether oxygens (including phenoxy) is 1. The largest absolute Gasteiger partial charge is 0.480 e. The molecule has 1 aliphatic heterocycles. The van der Waals surface area contributed by atoms with Gasteiger partial charge < -0.3 is 41.3 Å². The van der Waals surface area contributed by atoms with E-state index in [0.29, 0.717) is 33.6 Å². The van der Waals surface area contributed by atoms with Gasteiger partial charge in [-0.25, -0.2) is 9.59 Å². The number of hydrogen-bond donors (Lipinski definition) is 8. The highest BCUT2D eigenvalue weighted by atomic mass is 32.2. The summed E-state index contributed by atoms with van der Waals surface area (Å²) in [6.45, 7) is 7.97. The lowest BCUT2D eigenvalue weighted by molar-refractivity contribution is -0.141. The van der Waals surface area contributed by atoms with Crippen LogP contribution in [0.2, 0.25) is 0 Å². The van der Waals surface area contributed by atoms with Crippen molar-refractivity contribution >= 4 is 72.0 Å². The normalized spacial score (nSPS) is 21.4. The number of rotatable bonds is 5. The van der Waals surface area contributed by atoms with Gasteiger partial charge in [0.1, 0.15) is 17.7 Å². The Kier molecular flexibility index (Phi) is 12.5. The lowest BCUT2D eigenvalue weighted by atomic mass is 9.98. The van der Waals surface area contributed by atoms with Gasteiger partial charge in [0.15, 0.2) is 7.98 Å². The Hall–Kier alpha value is -4.25. The number of carboxylic acid groups (broad SMARTS) is 1. The van der Waals surface area contributed by atoms with Crippen LogP contribution in [-0.4, -0.2) is 96.3 Å². The van der Waals surface area contributed by atoms with Crippen molar-refractivity contribution in [1.29, 1.82) is 0 Å². The Balaban J connectivity index is 1.98. The number of H-pyrrole nitrogens is 1. The molecule has 250 valence electrons. The molecule has 1 aromatic heterocycles. The Labute approximate surface area is 271 Å². The molecule has 0 fully saturated rings. The second-order valence-electron chi connectivity index (χ2n) is 12.0. The number of fused-ring (bicyclic) bond motifs is 3. The van der Waals surface area contributed by atoms with E-state index in [9.17, 15) is 33.9 Å². The maximum Gasteiger partial charge on any atom is 0.412 e. The van der Waals surface area contributed by atoms with Crippen LogP contribution in [-0.2, 0) is 35.1 Å². The number of aromatic amines is 1. The minimum absolute atomic E-state index is 0.0835. The highest BCUT2D eigenvalue weighted by molar-refractivity contribution is 7.99. The van der Waals surface area contributed by atoms with Gasteiger partial charge in [-0.2, -0.15) is 0 Å². The first-order valence-corrected chi connectivity index (χ1v) is 15.9. The van der Waals surface area contributed by atoms with Crippen LogP contribution >= 0.6 is 11.8 Å². The fraction of sp³-hybridized carbons (Fsp3) is 0.517. The number of hydrogen-bond acceptors (Lipinski definition) is 9. The number of aliphatic carboxylic acids is 1. The van der Waals surface area contributed by atoms with Crippen molar-refractivity contribution in [2.45, 2.75) is 76.2 Å². The number of carbonyl (C=O) groups is 6. The molecule has 0 saturated heterocycles. The summed E-state index contributed by atoms with van der Waals surface area (Å²) in [5, 5.41) is 26.9. The number of carboxylic acids is 1. The summed E-state index contributed by atoms with van der Waals surface area (Å²) in [5.41, 5.74) is 1.03. The molecule has 5 amide bonds. The summed E-state index contributed by atoms with van der Waals surface area (Å²) in [7, 11) is 1.60. The van der Waals surface area contributed by atoms with Gasteiger partial charge in [0.25, 0.3) is 0 Å². The zero-order chi connectivity index (χ0) is 34.2. The molecule has 2 heterocycles. The molecule has 0 aliphatic carbocycles. The van der Waals surface area contributed by atoms with Crippen molar-refractivity contribution in [2.24, 2.45) is 5.92 Å². The average molecular weight is 660 g/mol. The zero-order valence-corrected chi connectivity index (χ0v) is 27.6. The molecule has 2 aromatic rings. The Morgan fingerprint density at radius 3 is 2.35 bits per heavy atom.